The Balaban J connectivity index is 1.23. The lowest BCUT2D eigenvalue weighted by molar-refractivity contribution is 0.182. The molecule has 3 fully saturated rings. The number of pyridine rings is 1. The van der Waals surface area contributed by atoms with Crippen molar-refractivity contribution in [2.45, 2.75) is 69.4 Å². The van der Waals surface area contributed by atoms with Crippen molar-refractivity contribution in [1.29, 1.82) is 0 Å². The molecule has 1 unspecified atom stereocenters. The maximum atomic E-state index is 5.06. The highest BCUT2D eigenvalue weighted by atomic mass is 32.1. The van der Waals surface area contributed by atoms with E-state index in [4.69, 9.17) is 9.97 Å². The van der Waals surface area contributed by atoms with Gasteiger partial charge in [0.05, 0.1) is 11.7 Å². The Kier molecular flexibility index (Phi) is 5.33. The van der Waals surface area contributed by atoms with E-state index < -0.39 is 0 Å². The number of fused-ring (bicyclic) bond motifs is 1. The van der Waals surface area contributed by atoms with Crippen LogP contribution in [0.2, 0.25) is 0 Å². The second-order valence-corrected chi connectivity index (χ2v) is 10.7. The second-order valence-electron chi connectivity index (χ2n) is 9.83. The van der Waals surface area contributed by atoms with E-state index in [1.54, 1.807) is 0 Å². The van der Waals surface area contributed by atoms with E-state index in [0.717, 1.165) is 17.4 Å². The van der Waals surface area contributed by atoms with Gasteiger partial charge in [-0.2, -0.15) is 0 Å². The second kappa shape index (κ2) is 8.30. The maximum Gasteiger partial charge on any atom is 0.137 e. The molecule has 1 saturated carbocycles. The number of aromatic nitrogens is 3. The standard InChI is InChI=1S/C25H33N5S/c1-29-10-4-5-23(29)25-28-22(16-31-25)21-15-27-24-20(21)13-18(14-26-24)17-6-8-19(9-7-17)30-11-2-3-12-30/h13-17,19,23H,2-12H2,1H3,(H,26,27)/t17-,19-,23?. The third-order valence-corrected chi connectivity index (χ3v) is 8.93. The predicted octanol–water partition coefficient (Wildman–Crippen LogP) is 5.58. The third-order valence-electron chi connectivity index (χ3n) is 7.98. The van der Waals surface area contributed by atoms with Gasteiger partial charge in [-0.05, 0) is 95.6 Å². The van der Waals surface area contributed by atoms with E-state index in [9.17, 15) is 0 Å². The SMILES string of the molecule is CN1CCCC1c1nc(-c2c[nH]c3ncc([C@H]4CC[C@H](N5CCCC5)CC4)cc23)cs1. The molecule has 6 rings (SSSR count). The topological polar surface area (TPSA) is 48.1 Å². The number of hydrogen-bond acceptors (Lipinski definition) is 5. The summed E-state index contributed by atoms with van der Waals surface area (Å²) in [6.07, 6.45) is 14.8. The summed E-state index contributed by atoms with van der Waals surface area (Å²) in [5, 5.41) is 4.72. The van der Waals surface area contributed by atoms with Crippen molar-refractivity contribution in [3.63, 3.8) is 0 Å². The molecule has 2 saturated heterocycles. The Bertz CT molecular complexity index is 1040. The van der Waals surface area contributed by atoms with Crippen LogP contribution in [0, 0.1) is 0 Å². The number of thiazole rings is 1. The normalized spacial score (nSPS) is 28.1. The zero-order chi connectivity index (χ0) is 20.8. The molecule has 31 heavy (non-hydrogen) atoms. The van der Waals surface area contributed by atoms with Crippen LogP contribution < -0.4 is 0 Å². The molecule has 3 aromatic rings. The number of aromatic amines is 1. The van der Waals surface area contributed by atoms with E-state index >= 15 is 0 Å². The lowest BCUT2D eigenvalue weighted by atomic mass is 9.81. The Morgan fingerprint density at radius 2 is 1.87 bits per heavy atom. The van der Waals surface area contributed by atoms with E-state index in [1.165, 1.54) is 92.5 Å². The quantitative estimate of drug-likeness (QED) is 0.582. The van der Waals surface area contributed by atoms with Gasteiger partial charge in [-0.25, -0.2) is 9.97 Å². The summed E-state index contributed by atoms with van der Waals surface area (Å²) in [6, 6.07) is 3.71. The fourth-order valence-electron chi connectivity index (χ4n) is 6.12. The third kappa shape index (κ3) is 3.73. The minimum Gasteiger partial charge on any atom is -0.345 e. The van der Waals surface area contributed by atoms with Crippen LogP contribution in [0.1, 0.15) is 73.9 Å². The molecular weight excluding hydrogens is 402 g/mol. The van der Waals surface area contributed by atoms with Crippen molar-refractivity contribution in [2.75, 3.05) is 26.7 Å². The Labute approximate surface area is 188 Å². The molecule has 1 N–H and O–H groups in total. The number of likely N-dealkylation sites (tertiary alicyclic amines) is 2. The number of rotatable bonds is 4. The molecule has 164 valence electrons. The largest absolute Gasteiger partial charge is 0.345 e. The van der Waals surface area contributed by atoms with Crippen LogP contribution >= 0.6 is 11.3 Å². The lowest BCUT2D eigenvalue weighted by Crippen LogP contribution is -2.35. The summed E-state index contributed by atoms with van der Waals surface area (Å²) in [7, 11) is 2.22. The van der Waals surface area contributed by atoms with E-state index in [-0.39, 0.29) is 0 Å². The zero-order valence-electron chi connectivity index (χ0n) is 18.5. The molecule has 1 atom stereocenters. The van der Waals surface area contributed by atoms with Gasteiger partial charge in [0.25, 0.3) is 0 Å². The van der Waals surface area contributed by atoms with Gasteiger partial charge < -0.3 is 9.88 Å². The van der Waals surface area contributed by atoms with Crippen molar-refractivity contribution < 1.29 is 0 Å². The van der Waals surface area contributed by atoms with Crippen LogP contribution in [0.25, 0.3) is 22.3 Å². The monoisotopic (exact) mass is 435 g/mol. The Hall–Kier alpha value is -1.76. The van der Waals surface area contributed by atoms with Gasteiger partial charge >= 0.3 is 0 Å². The summed E-state index contributed by atoms with van der Waals surface area (Å²) in [5.41, 5.74) is 4.71. The lowest BCUT2D eigenvalue weighted by Gasteiger charge is -2.34. The molecule has 3 aromatic heterocycles. The van der Waals surface area contributed by atoms with Crippen molar-refractivity contribution in [3.05, 3.63) is 34.4 Å². The first-order valence-electron chi connectivity index (χ1n) is 12.1. The minimum atomic E-state index is 0.489. The molecule has 3 aliphatic rings. The van der Waals surface area contributed by atoms with Gasteiger partial charge in [-0.3, -0.25) is 4.90 Å². The first-order chi connectivity index (χ1) is 15.3. The molecule has 0 bridgehead atoms. The molecule has 5 heterocycles. The van der Waals surface area contributed by atoms with Gasteiger partial charge in [0.2, 0.25) is 0 Å². The fraction of sp³-hybridized carbons (Fsp3) is 0.600. The summed E-state index contributed by atoms with van der Waals surface area (Å²) < 4.78 is 0. The molecule has 0 aromatic carbocycles. The van der Waals surface area contributed by atoms with Crippen molar-refractivity contribution in [1.82, 2.24) is 24.8 Å². The molecule has 6 heteroatoms. The molecule has 5 nitrogen and oxygen atoms in total. The van der Waals surface area contributed by atoms with Crippen LogP contribution in [-0.4, -0.2) is 57.5 Å². The number of H-pyrrole nitrogens is 1. The van der Waals surface area contributed by atoms with Crippen LogP contribution in [0.15, 0.2) is 23.8 Å². The molecule has 1 aliphatic carbocycles. The molecular formula is C25H33N5S. The summed E-state index contributed by atoms with van der Waals surface area (Å²) in [6.45, 7) is 3.82. The Morgan fingerprint density at radius 3 is 2.65 bits per heavy atom. The summed E-state index contributed by atoms with van der Waals surface area (Å²) in [5.74, 6) is 0.650. The molecule has 0 radical (unpaired) electrons. The number of nitrogens with one attached hydrogen (secondary N) is 1. The first kappa shape index (κ1) is 19.9. The first-order valence-corrected chi connectivity index (χ1v) is 13.0. The summed E-state index contributed by atoms with van der Waals surface area (Å²) >= 11 is 1.81. The van der Waals surface area contributed by atoms with E-state index in [0.29, 0.717) is 12.0 Å². The van der Waals surface area contributed by atoms with Crippen molar-refractivity contribution in [2.24, 2.45) is 0 Å². The summed E-state index contributed by atoms with van der Waals surface area (Å²) in [4.78, 5) is 18.4. The molecule has 0 spiro atoms. The highest BCUT2D eigenvalue weighted by molar-refractivity contribution is 7.10. The van der Waals surface area contributed by atoms with Gasteiger partial charge in [0.15, 0.2) is 0 Å². The van der Waals surface area contributed by atoms with Crippen LogP contribution in [0.4, 0.5) is 0 Å². The smallest absolute Gasteiger partial charge is 0.137 e. The maximum absolute atomic E-state index is 5.06. The van der Waals surface area contributed by atoms with Crippen LogP contribution in [0.3, 0.4) is 0 Å². The highest BCUT2D eigenvalue weighted by Crippen LogP contribution is 2.39. The van der Waals surface area contributed by atoms with Crippen LogP contribution in [-0.2, 0) is 0 Å². The fourth-order valence-corrected chi connectivity index (χ4v) is 7.14. The average Bonchev–Trinajstić information content (AvgIpc) is 3.59. The van der Waals surface area contributed by atoms with Crippen molar-refractivity contribution >= 4 is 22.4 Å². The van der Waals surface area contributed by atoms with Gasteiger partial charge in [-0.1, -0.05) is 0 Å². The zero-order valence-corrected chi connectivity index (χ0v) is 19.3. The van der Waals surface area contributed by atoms with E-state index in [1.807, 2.05) is 11.3 Å². The number of nitrogens with zero attached hydrogens (tertiary/aromatic N) is 4. The van der Waals surface area contributed by atoms with Crippen LogP contribution in [0.5, 0.6) is 0 Å². The minimum absolute atomic E-state index is 0.489. The predicted molar refractivity (Wildman–Crippen MR) is 128 cm³/mol. The van der Waals surface area contributed by atoms with E-state index in [2.05, 4.69) is 45.7 Å². The highest BCUT2D eigenvalue weighted by Gasteiger charge is 2.29. The van der Waals surface area contributed by atoms with Gasteiger partial charge in [0, 0.05) is 34.8 Å². The van der Waals surface area contributed by atoms with Gasteiger partial charge in [0.1, 0.15) is 10.7 Å². The number of hydrogen-bond donors (Lipinski definition) is 1. The molecule has 2 aliphatic heterocycles. The van der Waals surface area contributed by atoms with Crippen molar-refractivity contribution in [3.8, 4) is 11.3 Å². The molecule has 0 amide bonds. The Morgan fingerprint density at radius 1 is 1.03 bits per heavy atom. The average molecular weight is 436 g/mol. The van der Waals surface area contributed by atoms with Gasteiger partial charge in [-0.15, -0.1) is 11.3 Å².